The average molecular weight is 248 g/mol. The molecule has 3 aromatic rings. The van der Waals surface area contributed by atoms with Crippen molar-refractivity contribution in [1.82, 2.24) is 0 Å². The van der Waals surface area contributed by atoms with E-state index in [0.717, 1.165) is 21.7 Å². The van der Waals surface area contributed by atoms with Gasteiger partial charge >= 0.3 is 0 Å². The van der Waals surface area contributed by atoms with E-state index in [-0.39, 0.29) is 12.2 Å². The fourth-order valence-electron chi connectivity index (χ4n) is 3.10. The second-order valence-electron chi connectivity index (χ2n) is 5.05. The maximum Gasteiger partial charge on any atom is 0.166 e. The van der Waals surface area contributed by atoms with Crippen LogP contribution in [0.15, 0.2) is 48.5 Å². The van der Waals surface area contributed by atoms with Crippen molar-refractivity contribution < 1.29 is 9.90 Å². The van der Waals surface area contributed by atoms with E-state index in [1.807, 2.05) is 36.4 Å². The standard InChI is InChI=1S/C17H12O2/c18-15-9-16(19)17-13-6-5-10-3-1-2-4-11(10)12(13)7-8-14(15)17/h1-8,16,19H,9H2. The van der Waals surface area contributed by atoms with Crippen LogP contribution < -0.4 is 0 Å². The van der Waals surface area contributed by atoms with Gasteiger partial charge in [0.25, 0.3) is 0 Å². The molecule has 0 saturated carbocycles. The third-order valence-electron chi connectivity index (χ3n) is 3.98. The normalized spacial score (nSPS) is 18.2. The molecule has 4 rings (SSSR count). The van der Waals surface area contributed by atoms with Crippen LogP contribution in [0.5, 0.6) is 0 Å². The van der Waals surface area contributed by atoms with Crippen LogP contribution in [0.3, 0.4) is 0 Å². The first-order valence-electron chi connectivity index (χ1n) is 6.41. The van der Waals surface area contributed by atoms with Gasteiger partial charge in [0, 0.05) is 12.0 Å². The Bertz CT molecular complexity index is 833. The summed E-state index contributed by atoms with van der Waals surface area (Å²) in [5.41, 5.74) is 1.48. The third kappa shape index (κ3) is 1.38. The summed E-state index contributed by atoms with van der Waals surface area (Å²) in [6.45, 7) is 0. The summed E-state index contributed by atoms with van der Waals surface area (Å²) in [6.07, 6.45) is -0.450. The summed E-state index contributed by atoms with van der Waals surface area (Å²) in [5, 5.41) is 14.5. The van der Waals surface area contributed by atoms with Gasteiger partial charge in [0.15, 0.2) is 5.78 Å². The van der Waals surface area contributed by atoms with E-state index in [1.54, 1.807) is 0 Å². The lowest BCUT2D eigenvalue weighted by Gasteiger charge is -2.10. The van der Waals surface area contributed by atoms with Crippen LogP contribution in [-0.4, -0.2) is 10.9 Å². The van der Waals surface area contributed by atoms with Crippen molar-refractivity contribution in [2.24, 2.45) is 0 Å². The van der Waals surface area contributed by atoms with Gasteiger partial charge in [0.1, 0.15) is 0 Å². The number of benzene rings is 3. The predicted octanol–water partition coefficient (Wildman–Crippen LogP) is 3.61. The smallest absolute Gasteiger partial charge is 0.166 e. The van der Waals surface area contributed by atoms with E-state index in [0.29, 0.717) is 5.56 Å². The van der Waals surface area contributed by atoms with Crippen molar-refractivity contribution in [3.05, 3.63) is 59.7 Å². The Morgan fingerprint density at radius 2 is 1.68 bits per heavy atom. The van der Waals surface area contributed by atoms with Gasteiger partial charge in [-0.2, -0.15) is 0 Å². The number of aliphatic hydroxyl groups excluding tert-OH is 1. The van der Waals surface area contributed by atoms with E-state index >= 15 is 0 Å². The molecule has 0 amide bonds. The molecule has 0 spiro atoms. The molecule has 1 aliphatic rings. The second-order valence-corrected chi connectivity index (χ2v) is 5.05. The van der Waals surface area contributed by atoms with Gasteiger partial charge in [-0.05, 0) is 27.1 Å². The van der Waals surface area contributed by atoms with E-state index in [1.165, 1.54) is 5.39 Å². The lowest BCUT2D eigenvalue weighted by atomic mass is 9.95. The fourth-order valence-corrected chi connectivity index (χ4v) is 3.10. The monoisotopic (exact) mass is 248 g/mol. The zero-order valence-electron chi connectivity index (χ0n) is 10.3. The summed E-state index contributed by atoms with van der Waals surface area (Å²) in [6, 6.07) is 16.1. The highest BCUT2D eigenvalue weighted by atomic mass is 16.3. The lowest BCUT2D eigenvalue weighted by Crippen LogP contribution is -1.92. The van der Waals surface area contributed by atoms with E-state index in [4.69, 9.17) is 0 Å². The minimum absolute atomic E-state index is 0.0394. The molecule has 92 valence electrons. The molecule has 1 atom stereocenters. The Hall–Kier alpha value is -2.19. The van der Waals surface area contributed by atoms with Crippen LogP contribution in [0.1, 0.15) is 28.4 Å². The van der Waals surface area contributed by atoms with E-state index < -0.39 is 6.10 Å². The minimum Gasteiger partial charge on any atom is -0.388 e. The molecule has 3 aromatic carbocycles. The molecule has 19 heavy (non-hydrogen) atoms. The molecule has 0 saturated heterocycles. The van der Waals surface area contributed by atoms with Gasteiger partial charge in [-0.1, -0.05) is 48.5 Å². The molecule has 0 radical (unpaired) electrons. The predicted molar refractivity (Wildman–Crippen MR) is 75.4 cm³/mol. The zero-order valence-corrected chi connectivity index (χ0v) is 10.3. The van der Waals surface area contributed by atoms with Crippen molar-refractivity contribution >= 4 is 27.3 Å². The largest absolute Gasteiger partial charge is 0.388 e. The first-order valence-corrected chi connectivity index (χ1v) is 6.41. The van der Waals surface area contributed by atoms with Gasteiger partial charge in [0.05, 0.1) is 6.10 Å². The summed E-state index contributed by atoms with van der Waals surface area (Å²) in [4.78, 5) is 11.8. The van der Waals surface area contributed by atoms with Crippen molar-refractivity contribution in [2.75, 3.05) is 0 Å². The van der Waals surface area contributed by atoms with E-state index in [9.17, 15) is 9.90 Å². The number of ketones is 1. The number of hydrogen-bond donors (Lipinski definition) is 1. The molecule has 2 nitrogen and oxygen atoms in total. The molecule has 0 heterocycles. The molecule has 0 fully saturated rings. The highest BCUT2D eigenvalue weighted by Crippen LogP contribution is 2.38. The molecule has 1 aliphatic carbocycles. The van der Waals surface area contributed by atoms with Gasteiger partial charge < -0.3 is 5.11 Å². The van der Waals surface area contributed by atoms with Crippen molar-refractivity contribution in [3.63, 3.8) is 0 Å². The summed E-state index contributed by atoms with van der Waals surface area (Å²) < 4.78 is 0. The van der Waals surface area contributed by atoms with Crippen LogP contribution in [0.25, 0.3) is 21.5 Å². The summed E-state index contributed by atoms with van der Waals surface area (Å²) >= 11 is 0. The van der Waals surface area contributed by atoms with Gasteiger partial charge in [0.2, 0.25) is 0 Å². The van der Waals surface area contributed by atoms with Crippen molar-refractivity contribution in [2.45, 2.75) is 12.5 Å². The Morgan fingerprint density at radius 3 is 2.58 bits per heavy atom. The van der Waals surface area contributed by atoms with Gasteiger partial charge in [-0.3, -0.25) is 4.79 Å². The number of fused-ring (bicyclic) bond motifs is 5. The molecule has 1 N–H and O–H groups in total. The summed E-state index contributed by atoms with van der Waals surface area (Å²) in [5.74, 6) is 0.0394. The maximum atomic E-state index is 11.8. The minimum atomic E-state index is -0.660. The molecule has 1 unspecified atom stereocenters. The number of aliphatic hydroxyl groups is 1. The zero-order chi connectivity index (χ0) is 13.0. The number of rotatable bonds is 0. The lowest BCUT2D eigenvalue weighted by molar-refractivity contribution is 0.0930. The Balaban J connectivity index is 2.20. The maximum absolute atomic E-state index is 11.8. The Kier molecular flexibility index (Phi) is 2.06. The average Bonchev–Trinajstić information content (AvgIpc) is 2.74. The van der Waals surface area contributed by atoms with Crippen LogP contribution in [0.4, 0.5) is 0 Å². The number of Topliss-reactive ketones (excluding diaryl/α,β-unsaturated/α-hetero) is 1. The number of hydrogen-bond acceptors (Lipinski definition) is 2. The number of carbonyl (C=O) groups excluding carboxylic acids is 1. The molecular weight excluding hydrogens is 236 g/mol. The molecule has 0 aromatic heterocycles. The summed E-state index contributed by atoms with van der Waals surface area (Å²) in [7, 11) is 0. The van der Waals surface area contributed by atoms with Crippen LogP contribution >= 0.6 is 0 Å². The first kappa shape index (κ1) is 10.7. The fraction of sp³-hybridized carbons (Fsp3) is 0.118. The third-order valence-corrected chi connectivity index (χ3v) is 3.98. The van der Waals surface area contributed by atoms with E-state index in [2.05, 4.69) is 12.1 Å². The van der Waals surface area contributed by atoms with Gasteiger partial charge in [-0.25, -0.2) is 0 Å². The number of carbonyl (C=O) groups is 1. The molecule has 0 bridgehead atoms. The van der Waals surface area contributed by atoms with Crippen LogP contribution in [-0.2, 0) is 0 Å². The van der Waals surface area contributed by atoms with Gasteiger partial charge in [-0.15, -0.1) is 0 Å². The highest BCUT2D eigenvalue weighted by molar-refractivity contribution is 6.13. The molecule has 0 aliphatic heterocycles. The Morgan fingerprint density at radius 1 is 0.895 bits per heavy atom. The highest BCUT2D eigenvalue weighted by Gasteiger charge is 2.29. The quantitative estimate of drug-likeness (QED) is 0.617. The topological polar surface area (TPSA) is 37.3 Å². The van der Waals surface area contributed by atoms with Crippen molar-refractivity contribution in [3.8, 4) is 0 Å². The molecular formula is C17H12O2. The Labute approximate surface area is 110 Å². The van der Waals surface area contributed by atoms with Crippen LogP contribution in [0, 0.1) is 0 Å². The second kappa shape index (κ2) is 3.65. The van der Waals surface area contributed by atoms with Crippen LogP contribution in [0.2, 0.25) is 0 Å². The first-order chi connectivity index (χ1) is 9.25. The molecule has 2 heteroatoms. The van der Waals surface area contributed by atoms with Crippen molar-refractivity contribution in [1.29, 1.82) is 0 Å². The SMILES string of the molecule is O=C1CC(O)c2c1ccc1c2ccc2ccccc21.